The minimum atomic E-state index is -1.20. The van der Waals surface area contributed by atoms with E-state index in [-0.39, 0.29) is 6.42 Å². The van der Waals surface area contributed by atoms with Crippen molar-refractivity contribution in [3.8, 4) is 0 Å². The van der Waals surface area contributed by atoms with E-state index in [1.807, 2.05) is 34.1 Å². The number of carbonyl (C=O) groups excluding carboxylic acids is 2. The highest BCUT2D eigenvalue weighted by Gasteiger charge is 2.39. The second kappa shape index (κ2) is 8.11. The maximum Gasteiger partial charge on any atom is 0.338 e. The number of carbonyl (C=O) groups is 2. The van der Waals surface area contributed by atoms with Crippen LogP contribution in [0.3, 0.4) is 0 Å². The van der Waals surface area contributed by atoms with Gasteiger partial charge < -0.3 is 19.1 Å². The van der Waals surface area contributed by atoms with Crippen molar-refractivity contribution in [1.29, 1.82) is 0 Å². The minimum absolute atomic E-state index is 0.291. The molecule has 0 bridgehead atoms. The summed E-state index contributed by atoms with van der Waals surface area (Å²) < 4.78 is 6.24. The number of esters is 1. The van der Waals surface area contributed by atoms with E-state index in [1.54, 1.807) is 24.3 Å². The summed E-state index contributed by atoms with van der Waals surface area (Å²) in [5.41, 5.74) is -0.631. The van der Waals surface area contributed by atoms with Gasteiger partial charge in [0.15, 0.2) is 5.60 Å². The number of ether oxygens (including phenoxy) is 1. The third kappa shape index (κ3) is 6.82. The molecule has 1 rings (SSSR count). The molecule has 1 atom stereocenters. The largest absolute Gasteiger partial charge is 0.550 e. The number of carboxylic acid groups (broad SMARTS) is 1. The van der Waals surface area contributed by atoms with Crippen LogP contribution in [0.1, 0.15) is 43.0 Å². The van der Waals surface area contributed by atoms with E-state index >= 15 is 0 Å². The van der Waals surface area contributed by atoms with E-state index in [0.717, 1.165) is 12.8 Å². The normalized spacial score (nSPS) is 14.1. The maximum absolute atomic E-state index is 12.4. The highest BCUT2D eigenvalue weighted by molar-refractivity contribution is 5.89. The Hall–Kier alpha value is -1.88. The average Bonchev–Trinajstić information content (AvgIpc) is 2.43. The predicted octanol–water partition coefficient (Wildman–Crippen LogP) is 1.62. The van der Waals surface area contributed by atoms with Crippen molar-refractivity contribution >= 4 is 11.9 Å². The number of nitrogens with zero attached hydrogens (tertiary/aromatic N) is 1. The molecule has 1 aromatic carbocycles. The molecule has 5 nitrogen and oxygen atoms in total. The molecule has 128 valence electrons. The number of hydrogen-bond acceptors (Lipinski definition) is 4. The van der Waals surface area contributed by atoms with Crippen molar-refractivity contribution in [2.45, 2.75) is 38.2 Å². The first-order valence-electron chi connectivity index (χ1n) is 7.96. The van der Waals surface area contributed by atoms with Gasteiger partial charge in [0.25, 0.3) is 0 Å². The Morgan fingerprint density at radius 3 is 2.26 bits per heavy atom. The fourth-order valence-electron chi connectivity index (χ4n) is 2.80. The first kappa shape index (κ1) is 19.2. The number of carboxylic acids is 1. The number of likely N-dealkylation sites (N-methyl/N-ethyl adjacent to an activating group) is 1. The lowest BCUT2D eigenvalue weighted by molar-refractivity contribution is -0.876. The van der Waals surface area contributed by atoms with Crippen LogP contribution in [-0.2, 0) is 9.53 Å². The lowest BCUT2D eigenvalue weighted by atomic mass is 9.91. The van der Waals surface area contributed by atoms with E-state index < -0.39 is 17.5 Å². The Morgan fingerprint density at radius 2 is 1.78 bits per heavy atom. The van der Waals surface area contributed by atoms with Gasteiger partial charge in [-0.25, -0.2) is 4.79 Å². The van der Waals surface area contributed by atoms with Gasteiger partial charge in [-0.05, 0) is 25.0 Å². The van der Waals surface area contributed by atoms with E-state index in [1.165, 1.54) is 0 Å². The predicted molar refractivity (Wildman–Crippen MR) is 86.6 cm³/mol. The van der Waals surface area contributed by atoms with Gasteiger partial charge in [-0.15, -0.1) is 0 Å². The lowest BCUT2D eigenvalue weighted by Gasteiger charge is -2.39. The number of unbranched alkanes of at least 4 members (excludes halogenated alkanes) is 1. The van der Waals surface area contributed by atoms with Crippen molar-refractivity contribution < 1.29 is 23.9 Å². The second-order valence-corrected chi connectivity index (χ2v) is 7.04. The highest BCUT2D eigenvalue weighted by atomic mass is 16.6. The SMILES string of the molecule is CCCCC(CC(=O)[O-])(C[N+](C)(C)C)OC(=O)c1ccccc1. The molecule has 0 aliphatic carbocycles. The van der Waals surface area contributed by atoms with Crippen LogP contribution in [0.4, 0.5) is 0 Å². The third-order valence-corrected chi connectivity index (χ3v) is 3.53. The quantitative estimate of drug-likeness (QED) is 0.512. The molecule has 0 fully saturated rings. The molecule has 0 spiro atoms. The van der Waals surface area contributed by atoms with Gasteiger partial charge in [-0.3, -0.25) is 0 Å². The zero-order valence-electron chi connectivity index (χ0n) is 14.5. The smallest absolute Gasteiger partial charge is 0.338 e. The Balaban J connectivity index is 3.08. The third-order valence-electron chi connectivity index (χ3n) is 3.53. The first-order valence-corrected chi connectivity index (χ1v) is 7.96. The fourth-order valence-corrected chi connectivity index (χ4v) is 2.80. The molecule has 0 radical (unpaired) electrons. The van der Waals surface area contributed by atoms with Crippen LogP contribution in [0.15, 0.2) is 30.3 Å². The van der Waals surface area contributed by atoms with E-state index in [9.17, 15) is 14.7 Å². The summed E-state index contributed by atoms with van der Waals surface area (Å²) in [5, 5.41) is 11.3. The molecule has 0 aliphatic rings. The summed E-state index contributed by atoms with van der Waals surface area (Å²) in [6.07, 6.45) is 1.90. The van der Waals surface area contributed by atoms with Crippen LogP contribution in [0.25, 0.3) is 0 Å². The van der Waals surface area contributed by atoms with Crippen molar-refractivity contribution in [3.05, 3.63) is 35.9 Å². The van der Waals surface area contributed by atoms with E-state index in [4.69, 9.17) is 4.74 Å². The fraction of sp³-hybridized carbons (Fsp3) is 0.556. The molecule has 5 heteroatoms. The molecule has 0 N–H and O–H groups in total. The number of aliphatic carboxylic acids is 1. The molecule has 0 amide bonds. The maximum atomic E-state index is 12.4. The topological polar surface area (TPSA) is 66.4 Å². The molecule has 0 saturated heterocycles. The molecule has 0 aromatic heterocycles. The minimum Gasteiger partial charge on any atom is -0.550 e. The summed E-state index contributed by atoms with van der Waals surface area (Å²) in [6.45, 7) is 2.44. The van der Waals surface area contributed by atoms with Gasteiger partial charge in [0.1, 0.15) is 6.54 Å². The van der Waals surface area contributed by atoms with Crippen LogP contribution in [0.5, 0.6) is 0 Å². The highest BCUT2D eigenvalue weighted by Crippen LogP contribution is 2.27. The molecule has 0 heterocycles. The van der Waals surface area contributed by atoms with Crippen LogP contribution < -0.4 is 5.11 Å². The van der Waals surface area contributed by atoms with E-state index in [0.29, 0.717) is 23.0 Å². The van der Waals surface area contributed by atoms with E-state index in [2.05, 4.69) is 0 Å². The van der Waals surface area contributed by atoms with Gasteiger partial charge in [0.05, 0.1) is 26.7 Å². The number of benzene rings is 1. The summed E-state index contributed by atoms with van der Waals surface area (Å²) in [5.74, 6) is -1.69. The number of quaternary nitrogens is 1. The zero-order valence-corrected chi connectivity index (χ0v) is 14.5. The van der Waals surface area contributed by atoms with Gasteiger partial charge in [-0.1, -0.05) is 31.5 Å². The van der Waals surface area contributed by atoms with Gasteiger partial charge in [-0.2, -0.15) is 0 Å². The summed E-state index contributed by atoms with van der Waals surface area (Å²) >= 11 is 0. The molecule has 23 heavy (non-hydrogen) atoms. The number of hydrogen-bond donors (Lipinski definition) is 0. The number of rotatable bonds is 9. The molecule has 1 unspecified atom stereocenters. The van der Waals surface area contributed by atoms with Crippen LogP contribution in [0, 0.1) is 0 Å². The Bertz CT molecular complexity index is 522. The van der Waals surface area contributed by atoms with Crippen molar-refractivity contribution in [2.24, 2.45) is 0 Å². The van der Waals surface area contributed by atoms with Crippen LogP contribution in [0.2, 0.25) is 0 Å². The zero-order chi connectivity index (χ0) is 17.5. The van der Waals surface area contributed by atoms with Gasteiger partial charge >= 0.3 is 5.97 Å². The molecular formula is C18H27NO4. The second-order valence-electron chi connectivity index (χ2n) is 7.04. The van der Waals surface area contributed by atoms with Crippen LogP contribution in [-0.4, -0.2) is 49.7 Å². The standard InChI is InChI=1S/C18H27NO4/c1-5-6-12-18(13-16(20)21,14-19(2,3)4)23-17(22)15-10-8-7-9-11-15/h7-11H,5-6,12-14H2,1-4H3. The van der Waals surface area contributed by atoms with Crippen molar-refractivity contribution in [2.75, 3.05) is 27.7 Å². The first-order chi connectivity index (χ1) is 10.7. The Morgan fingerprint density at radius 1 is 1.17 bits per heavy atom. The summed E-state index contributed by atoms with van der Waals surface area (Å²) in [7, 11) is 5.85. The van der Waals surface area contributed by atoms with Gasteiger partial charge in [0.2, 0.25) is 0 Å². The van der Waals surface area contributed by atoms with Crippen molar-refractivity contribution in [1.82, 2.24) is 0 Å². The lowest BCUT2D eigenvalue weighted by Crippen LogP contribution is -2.54. The molecule has 0 saturated carbocycles. The molecule has 0 aliphatic heterocycles. The summed E-state index contributed by atoms with van der Waals surface area (Å²) in [6, 6.07) is 8.65. The summed E-state index contributed by atoms with van der Waals surface area (Å²) in [4.78, 5) is 23.7. The Labute approximate surface area is 138 Å². The van der Waals surface area contributed by atoms with Gasteiger partial charge in [0, 0.05) is 12.4 Å². The van der Waals surface area contributed by atoms with Crippen molar-refractivity contribution in [3.63, 3.8) is 0 Å². The molecule has 1 aromatic rings. The average molecular weight is 321 g/mol. The Kier molecular flexibility index (Phi) is 6.76. The monoisotopic (exact) mass is 321 g/mol. The van der Waals surface area contributed by atoms with Crippen LogP contribution >= 0.6 is 0 Å². The molecular weight excluding hydrogens is 294 g/mol.